The van der Waals surface area contributed by atoms with Gasteiger partial charge in [-0.05, 0) is 18.0 Å². The Morgan fingerprint density at radius 2 is 2.13 bits per heavy atom. The number of aryl methyl sites for hydroxylation is 1. The predicted octanol–water partition coefficient (Wildman–Crippen LogP) is -0.818. The second-order valence-electron chi connectivity index (χ2n) is 6.04. The summed E-state index contributed by atoms with van der Waals surface area (Å²) in [6.45, 7) is 0.950. The number of hydrogen-bond acceptors (Lipinski definition) is 10. The zero-order valence-electron chi connectivity index (χ0n) is 15.6. The third kappa shape index (κ3) is 4.47. The highest BCUT2D eigenvalue weighted by Gasteiger charge is 2.55. The van der Waals surface area contributed by atoms with Gasteiger partial charge in [-0.25, -0.2) is 14.8 Å². The van der Waals surface area contributed by atoms with Crippen LogP contribution in [-0.2, 0) is 30.3 Å². The monoisotopic (exact) mass is 440 g/mol. The van der Waals surface area contributed by atoms with Crippen molar-refractivity contribution in [3.63, 3.8) is 0 Å². The number of carbonyl (C=O) groups excluding carboxylic acids is 2. The van der Waals surface area contributed by atoms with Crippen LogP contribution < -0.4 is 0 Å². The number of carboxylic acid groups (broad SMARTS) is 1. The molecule has 3 rings (SSSR count). The molecule has 1 fully saturated rings. The van der Waals surface area contributed by atoms with E-state index in [9.17, 15) is 15.0 Å². The van der Waals surface area contributed by atoms with E-state index in [0.717, 1.165) is 0 Å². The van der Waals surface area contributed by atoms with Crippen molar-refractivity contribution < 1.29 is 39.2 Å². The van der Waals surface area contributed by atoms with Gasteiger partial charge in [0.1, 0.15) is 24.3 Å². The lowest BCUT2D eigenvalue weighted by Crippen LogP contribution is -2.48. The quantitative estimate of drug-likeness (QED) is 0.378. The van der Waals surface area contributed by atoms with Crippen LogP contribution in [0.3, 0.4) is 0 Å². The van der Waals surface area contributed by atoms with E-state index in [-0.39, 0.29) is 18.0 Å². The Kier molecular flexibility index (Phi) is 7.58. The third-order valence-electron chi connectivity index (χ3n) is 4.32. The molecule has 1 aliphatic heterocycles. The van der Waals surface area contributed by atoms with Gasteiger partial charge in [-0.2, -0.15) is 14.6 Å². The maximum absolute atomic E-state index is 10.7. The summed E-state index contributed by atoms with van der Waals surface area (Å²) in [5.41, 5.74) is -0.691. The minimum Gasteiger partial charge on any atom is -0.480 e. The number of fused-ring (bicyclic) bond motifs is 1. The molecule has 4 atom stereocenters. The zero-order chi connectivity index (χ0) is 22.5. The minimum absolute atomic E-state index is 0.00198. The Labute approximate surface area is 174 Å². The van der Waals surface area contributed by atoms with E-state index in [1.807, 2.05) is 6.92 Å². The average molecular weight is 441 g/mol. The Bertz CT molecular complexity index is 1000. The lowest BCUT2D eigenvalue weighted by molar-refractivity contribution is -0.191. The molecule has 0 aliphatic carbocycles. The number of aromatic nitrogens is 4. The SMILES string of the molecule is C#C[C@@]1(O)[C@@H](COCC(=O)O)O[C@@H](n2cnc3c(CC)nc(Cl)nc32)[C@@H]1O.O=C=O. The van der Waals surface area contributed by atoms with Gasteiger partial charge in [-0.1, -0.05) is 12.8 Å². The van der Waals surface area contributed by atoms with Crippen molar-refractivity contribution in [2.75, 3.05) is 13.2 Å². The number of carbonyl (C=O) groups is 1. The minimum atomic E-state index is -2.09. The molecule has 2 aromatic heterocycles. The van der Waals surface area contributed by atoms with E-state index in [1.54, 1.807) is 0 Å². The molecule has 13 heteroatoms. The summed E-state index contributed by atoms with van der Waals surface area (Å²) < 4.78 is 12.1. The summed E-state index contributed by atoms with van der Waals surface area (Å²) in [5.74, 6) is 0.926. The second kappa shape index (κ2) is 9.73. The van der Waals surface area contributed by atoms with Crippen LogP contribution >= 0.6 is 11.6 Å². The molecule has 0 unspecified atom stereocenters. The van der Waals surface area contributed by atoms with Gasteiger partial charge in [0.25, 0.3) is 0 Å². The van der Waals surface area contributed by atoms with E-state index in [0.29, 0.717) is 23.3 Å². The molecular formula is C17H17ClN4O8. The highest BCUT2D eigenvalue weighted by molar-refractivity contribution is 6.28. The molecular weight excluding hydrogens is 424 g/mol. The van der Waals surface area contributed by atoms with Gasteiger partial charge in [-0.15, -0.1) is 6.42 Å². The number of imidazole rings is 1. The number of aliphatic hydroxyl groups excluding tert-OH is 1. The Hall–Kier alpha value is -2.91. The van der Waals surface area contributed by atoms with Gasteiger partial charge in [0, 0.05) is 0 Å². The molecule has 3 heterocycles. The van der Waals surface area contributed by atoms with Crippen LogP contribution in [0.4, 0.5) is 0 Å². The molecule has 1 saturated heterocycles. The van der Waals surface area contributed by atoms with E-state index < -0.39 is 36.6 Å². The van der Waals surface area contributed by atoms with Gasteiger partial charge >= 0.3 is 12.1 Å². The van der Waals surface area contributed by atoms with E-state index in [4.69, 9.17) is 42.2 Å². The molecule has 0 radical (unpaired) electrons. The molecule has 2 aromatic rings. The van der Waals surface area contributed by atoms with E-state index >= 15 is 0 Å². The summed E-state index contributed by atoms with van der Waals surface area (Å²) in [5, 5.41) is 29.9. The van der Waals surface area contributed by atoms with Crippen LogP contribution in [0.1, 0.15) is 18.8 Å². The number of halogens is 1. The van der Waals surface area contributed by atoms with Crippen LogP contribution in [0.15, 0.2) is 6.33 Å². The summed E-state index contributed by atoms with van der Waals surface area (Å²) >= 11 is 5.96. The first kappa shape index (κ1) is 23.4. The predicted molar refractivity (Wildman–Crippen MR) is 96.9 cm³/mol. The molecule has 0 saturated carbocycles. The van der Waals surface area contributed by atoms with Crippen LogP contribution in [0.5, 0.6) is 0 Å². The van der Waals surface area contributed by atoms with Crippen molar-refractivity contribution >= 4 is 34.9 Å². The van der Waals surface area contributed by atoms with Gasteiger partial charge in [0.05, 0.1) is 18.6 Å². The van der Waals surface area contributed by atoms with E-state index in [2.05, 4.69) is 20.9 Å². The van der Waals surface area contributed by atoms with Crippen molar-refractivity contribution in [1.29, 1.82) is 0 Å². The highest BCUT2D eigenvalue weighted by Crippen LogP contribution is 2.38. The van der Waals surface area contributed by atoms with Gasteiger partial charge < -0.3 is 24.8 Å². The normalized spacial score (nSPS) is 25.2. The lowest BCUT2D eigenvalue weighted by Gasteiger charge is -2.24. The fourth-order valence-electron chi connectivity index (χ4n) is 2.95. The van der Waals surface area contributed by atoms with Crippen molar-refractivity contribution in [3.8, 4) is 12.3 Å². The first-order valence-electron chi connectivity index (χ1n) is 8.44. The fourth-order valence-corrected chi connectivity index (χ4v) is 3.13. The summed E-state index contributed by atoms with van der Waals surface area (Å²) in [4.78, 5) is 39.3. The molecule has 1 aliphatic rings. The first-order valence-corrected chi connectivity index (χ1v) is 8.82. The Balaban J connectivity index is 0.00000101. The topological polar surface area (TPSA) is 174 Å². The van der Waals surface area contributed by atoms with Crippen molar-refractivity contribution in [2.24, 2.45) is 0 Å². The molecule has 0 bridgehead atoms. The summed E-state index contributed by atoms with van der Waals surface area (Å²) in [7, 11) is 0. The summed E-state index contributed by atoms with van der Waals surface area (Å²) in [6.07, 6.45) is 3.74. The zero-order valence-corrected chi connectivity index (χ0v) is 16.3. The third-order valence-corrected chi connectivity index (χ3v) is 4.49. The van der Waals surface area contributed by atoms with Crippen LogP contribution in [0, 0.1) is 12.3 Å². The summed E-state index contributed by atoms with van der Waals surface area (Å²) in [6, 6.07) is 0. The maximum Gasteiger partial charge on any atom is 0.373 e. The maximum atomic E-state index is 10.7. The van der Waals surface area contributed by atoms with Gasteiger partial charge in [0.2, 0.25) is 5.28 Å². The van der Waals surface area contributed by atoms with Crippen molar-refractivity contribution in [2.45, 2.75) is 37.4 Å². The number of terminal acetylenes is 1. The number of rotatable bonds is 6. The standard InChI is InChI=1S/C16H17ClN4O6.CO2/c1-3-8-11-13(20-15(17)19-8)21(7-18-11)14-12(24)16(25,4-2)9(27-14)5-26-6-10(22)23;2-1-3/h2,7,9,12,14,24-25H,3,5-6H2,1H3,(H,22,23);/t9-,12+,14-,16-;/m1./s1. The van der Waals surface area contributed by atoms with Crippen LogP contribution in [0.25, 0.3) is 11.2 Å². The Morgan fingerprint density at radius 3 is 2.70 bits per heavy atom. The molecule has 0 amide bonds. The average Bonchev–Trinajstić information content (AvgIpc) is 3.22. The number of aliphatic hydroxyl groups is 2. The number of ether oxygens (including phenoxy) is 2. The van der Waals surface area contributed by atoms with Gasteiger partial charge in [-0.3, -0.25) is 4.57 Å². The highest BCUT2D eigenvalue weighted by atomic mass is 35.5. The lowest BCUT2D eigenvalue weighted by atomic mass is 9.93. The van der Waals surface area contributed by atoms with Crippen LogP contribution in [-0.4, -0.2) is 78.0 Å². The number of carboxylic acids is 1. The second-order valence-corrected chi connectivity index (χ2v) is 6.38. The largest absolute Gasteiger partial charge is 0.480 e. The van der Waals surface area contributed by atoms with E-state index in [1.165, 1.54) is 10.9 Å². The molecule has 0 aromatic carbocycles. The molecule has 30 heavy (non-hydrogen) atoms. The van der Waals surface area contributed by atoms with Crippen molar-refractivity contribution in [3.05, 3.63) is 17.3 Å². The first-order chi connectivity index (χ1) is 14.2. The van der Waals surface area contributed by atoms with Gasteiger partial charge in [0.15, 0.2) is 17.5 Å². The number of nitrogens with zero attached hydrogens (tertiary/aromatic N) is 4. The van der Waals surface area contributed by atoms with Crippen molar-refractivity contribution in [1.82, 2.24) is 19.5 Å². The fraction of sp³-hybridized carbons (Fsp3) is 0.471. The van der Waals surface area contributed by atoms with Crippen LogP contribution in [0.2, 0.25) is 5.28 Å². The number of hydrogen-bond donors (Lipinski definition) is 3. The molecule has 160 valence electrons. The smallest absolute Gasteiger partial charge is 0.373 e. The molecule has 0 spiro atoms. The number of aliphatic carboxylic acids is 1. The molecule has 12 nitrogen and oxygen atoms in total. The molecule has 3 N–H and O–H groups in total. The Morgan fingerprint density at radius 1 is 1.47 bits per heavy atom.